The Morgan fingerprint density at radius 3 is 1.24 bits per heavy atom. The van der Waals surface area contributed by atoms with Gasteiger partial charge >= 0.3 is 11.9 Å². The fourth-order valence-corrected chi connectivity index (χ4v) is 3.57. The smallest absolute Gasteiger partial charge is 0.306 e. The van der Waals surface area contributed by atoms with Crippen molar-refractivity contribution >= 4 is 11.9 Å². The molecule has 0 atom stereocenters. The van der Waals surface area contributed by atoms with E-state index in [1.54, 1.807) is 0 Å². The molecule has 0 unspecified atom stereocenters. The van der Waals surface area contributed by atoms with Crippen LogP contribution in [0, 0.1) is 0 Å². The minimum absolute atomic E-state index is 0.200. The molecule has 0 spiro atoms. The average Bonchev–Trinajstić information content (AvgIpc) is 2.74. The highest BCUT2D eigenvalue weighted by atomic mass is 16.5. The fourth-order valence-electron chi connectivity index (χ4n) is 3.57. The lowest BCUT2D eigenvalue weighted by molar-refractivity contribution is -0.141. The molecule has 0 aliphatic rings. The number of esters is 2. The van der Waals surface area contributed by atoms with Gasteiger partial charge in [-0.15, -0.1) is 0 Å². The molecule has 0 aromatic carbocycles. The number of unbranched alkanes of at least 4 members (excludes halogenated alkanes) is 13. The van der Waals surface area contributed by atoms with Gasteiger partial charge in [-0.3, -0.25) is 9.59 Å². The summed E-state index contributed by atoms with van der Waals surface area (Å²) in [6, 6.07) is 0. The lowest BCUT2D eigenvalue weighted by Crippen LogP contribution is -2.30. The summed E-state index contributed by atoms with van der Waals surface area (Å²) < 4.78 is 9.43. The molecule has 0 rings (SSSR count). The molecule has 0 radical (unpaired) electrons. The zero-order valence-corrected chi connectivity index (χ0v) is 19.5. The molecule has 172 valence electrons. The predicted molar refractivity (Wildman–Crippen MR) is 120 cm³/mol. The van der Waals surface area contributed by atoms with Crippen LogP contribution in [0.4, 0.5) is 0 Å². The van der Waals surface area contributed by atoms with E-state index >= 15 is 0 Å². The molecule has 0 bridgehead atoms. The van der Waals surface area contributed by atoms with Gasteiger partial charge < -0.3 is 14.4 Å². The van der Waals surface area contributed by atoms with Crippen LogP contribution in [0.1, 0.15) is 110 Å². The molecule has 0 saturated carbocycles. The largest absolute Gasteiger partial charge is 0.469 e. The first-order valence-corrected chi connectivity index (χ1v) is 12.0. The molecule has 0 N–H and O–H groups in total. The van der Waals surface area contributed by atoms with Crippen molar-refractivity contribution in [2.45, 2.75) is 110 Å². The van der Waals surface area contributed by atoms with E-state index in [-0.39, 0.29) is 11.9 Å². The SMILES string of the molecule is CCCCCCCCCCCCCCCCN(CCC(=O)OC)CCC(=O)OC. The van der Waals surface area contributed by atoms with Crippen molar-refractivity contribution < 1.29 is 19.1 Å². The minimum Gasteiger partial charge on any atom is -0.469 e. The Kier molecular flexibility index (Phi) is 20.8. The zero-order valence-electron chi connectivity index (χ0n) is 19.5. The second-order valence-corrected chi connectivity index (χ2v) is 8.09. The lowest BCUT2D eigenvalue weighted by Gasteiger charge is -2.21. The third kappa shape index (κ3) is 20.0. The summed E-state index contributed by atoms with van der Waals surface area (Å²) in [6.45, 7) is 4.47. The van der Waals surface area contributed by atoms with Crippen LogP contribution < -0.4 is 0 Å². The van der Waals surface area contributed by atoms with Crippen LogP contribution in [-0.4, -0.2) is 50.7 Å². The monoisotopic (exact) mass is 413 g/mol. The minimum atomic E-state index is -0.200. The van der Waals surface area contributed by atoms with E-state index in [0.29, 0.717) is 25.9 Å². The molecule has 0 aromatic heterocycles. The third-order valence-electron chi connectivity index (χ3n) is 5.55. The highest BCUT2D eigenvalue weighted by Gasteiger charge is 2.11. The summed E-state index contributed by atoms with van der Waals surface area (Å²) >= 11 is 0. The third-order valence-corrected chi connectivity index (χ3v) is 5.55. The Bertz CT molecular complexity index is 367. The fraction of sp³-hybridized carbons (Fsp3) is 0.917. The molecule has 5 nitrogen and oxygen atoms in total. The number of ether oxygens (including phenoxy) is 2. The zero-order chi connectivity index (χ0) is 21.6. The molecule has 0 aliphatic heterocycles. The van der Waals surface area contributed by atoms with Crippen molar-refractivity contribution in [2.75, 3.05) is 33.9 Å². The normalized spacial score (nSPS) is 11.0. The molecule has 5 heteroatoms. The molecular formula is C24H47NO4. The van der Waals surface area contributed by atoms with Gasteiger partial charge in [0.1, 0.15) is 0 Å². The Balaban J connectivity index is 3.62. The van der Waals surface area contributed by atoms with Gasteiger partial charge in [0.15, 0.2) is 0 Å². The standard InChI is InChI=1S/C24H47NO4/c1-4-5-6-7-8-9-10-11-12-13-14-15-16-17-20-25(21-18-23(26)28-2)22-19-24(27)29-3/h4-22H2,1-3H3. The van der Waals surface area contributed by atoms with Gasteiger partial charge in [-0.1, -0.05) is 90.4 Å². The predicted octanol–water partition coefficient (Wildman–Crippen LogP) is 5.90. The Morgan fingerprint density at radius 1 is 0.552 bits per heavy atom. The first-order valence-electron chi connectivity index (χ1n) is 12.0. The summed E-state index contributed by atoms with van der Waals surface area (Å²) in [5.74, 6) is -0.400. The van der Waals surface area contributed by atoms with Crippen LogP contribution in [-0.2, 0) is 19.1 Å². The van der Waals surface area contributed by atoms with Gasteiger partial charge in [-0.2, -0.15) is 0 Å². The van der Waals surface area contributed by atoms with Crippen LogP contribution in [0.5, 0.6) is 0 Å². The van der Waals surface area contributed by atoms with E-state index in [1.165, 1.54) is 97.7 Å². The van der Waals surface area contributed by atoms with Crippen molar-refractivity contribution in [3.05, 3.63) is 0 Å². The molecule has 0 fully saturated rings. The van der Waals surface area contributed by atoms with Gasteiger partial charge in [-0.25, -0.2) is 0 Å². The van der Waals surface area contributed by atoms with Crippen LogP contribution in [0.2, 0.25) is 0 Å². The average molecular weight is 414 g/mol. The lowest BCUT2D eigenvalue weighted by atomic mass is 10.0. The van der Waals surface area contributed by atoms with Gasteiger partial charge in [-0.05, 0) is 13.0 Å². The highest BCUT2D eigenvalue weighted by Crippen LogP contribution is 2.13. The Morgan fingerprint density at radius 2 is 0.897 bits per heavy atom. The van der Waals surface area contributed by atoms with E-state index in [1.807, 2.05) is 0 Å². The second-order valence-electron chi connectivity index (χ2n) is 8.09. The Labute approximate surface area is 179 Å². The summed E-state index contributed by atoms with van der Waals surface area (Å²) in [7, 11) is 2.82. The van der Waals surface area contributed by atoms with Gasteiger partial charge in [0.25, 0.3) is 0 Å². The molecule has 0 amide bonds. The van der Waals surface area contributed by atoms with E-state index < -0.39 is 0 Å². The van der Waals surface area contributed by atoms with Crippen LogP contribution in [0.25, 0.3) is 0 Å². The molecule has 0 saturated heterocycles. The number of hydrogen-bond acceptors (Lipinski definition) is 5. The highest BCUT2D eigenvalue weighted by molar-refractivity contribution is 5.70. The summed E-state index contributed by atoms with van der Waals surface area (Å²) in [6.07, 6.45) is 19.6. The summed E-state index contributed by atoms with van der Waals surface area (Å²) in [5, 5.41) is 0. The van der Waals surface area contributed by atoms with E-state index in [2.05, 4.69) is 11.8 Å². The quantitative estimate of drug-likeness (QED) is 0.173. The van der Waals surface area contributed by atoms with E-state index in [9.17, 15) is 9.59 Å². The van der Waals surface area contributed by atoms with Crippen molar-refractivity contribution in [1.82, 2.24) is 4.90 Å². The molecule has 0 aliphatic carbocycles. The molecule has 0 aromatic rings. The van der Waals surface area contributed by atoms with Crippen molar-refractivity contribution in [1.29, 1.82) is 0 Å². The van der Waals surface area contributed by atoms with Crippen molar-refractivity contribution in [3.8, 4) is 0 Å². The van der Waals surface area contributed by atoms with Gasteiger partial charge in [0.05, 0.1) is 27.1 Å². The maximum atomic E-state index is 11.4. The maximum absolute atomic E-state index is 11.4. The van der Waals surface area contributed by atoms with Crippen LogP contribution in [0.15, 0.2) is 0 Å². The number of hydrogen-bond donors (Lipinski definition) is 0. The molecular weight excluding hydrogens is 366 g/mol. The van der Waals surface area contributed by atoms with E-state index in [0.717, 1.165) is 13.0 Å². The van der Waals surface area contributed by atoms with Crippen molar-refractivity contribution in [2.24, 2.45) is 0 Å². The van der Waals surface area contributed by atoms with Gasteiger partial charge in [0, 0.05) is 13.1 Å². The van der Waals surface area contributed by atoms with Crippen molar-refractivity contribution in [3.63, 3.8) is 0 Å². The van der Waals surface area contributed by atoms with Crippen LogP contribution >= 0.6 is 0 Å². The van der Waals surface area contributed by atoms with E-state index in [4.69, 9.17) is 9.47 Å². The summed E-state index contributed by atoms with van der Waals surface area (Å²) in [5.41, 5.74) is 0. The maximum Gasteiger partial charge on any atom is 0.306 e. The second kappa shape index (κ2) is 21.6. The topological polar surface area (TPSA) is 55.8 Å². The first kappa shape index (κ1) is 27.9. The number of carbonyl (C=O) groups excluding carboxylic acids is 2. The summed E-state index contributed by atoms with van der Waals surface area (Å²) in [4.78, 5) is 24.9. The molecule has 29 heavy (non-hydrogen) atoms. The number of nitrogens with zero attached hydrogens (tertiary/aromatic N) is 1. The number of rotatable bonds is 21. The first-order chi connectivity index (χ1) is 14.1. The van der Waals surface area contributed by atoms with Crippen LogP contribution in [0.3, 0.4) is 0 Å². The number of carbonyl (C=O) groups is 2. The molecule has 0 heterocycles. The Hall–Kier alpha value is -1.10. The number of methoxy groups -OCH3 is 2. The van der Waals surface area contributed by atoms with Gasteiger partial charge in [0.2, 0.25) is 0 Å².